The van der Waals surface area contributed by atoms with Crippen molar-refractivity contribution in [2.45, 2.75) is 50.2 Å². The van der Waals surface area contributed by atoms with Gasteiger partial charge >= 0.3 is 5.69 Å². The minimum Gasteiger partial charge on any atom is -0.357 e. The first-order valence-corrected chi connectivity index (χ1v) is 12.9. The second kappa shape index (κ2) is 8.06. The maximum atomic E-state index is 13.6. The largest absolute Gasteiger partial charge is 0.357 e. The molecule has 3 heterocycles. The van der Waals surface area contributed by atoms with Gasteiger partial charge in [-0.05, 0) is 62.6 Å². The Kier molecular flexibility index (Phi) is 5.37. The van der Waals surface area contributed by atoms with Crippen molar-refractivity contribution in [1.29, 1.82) is 0 Å². The third-order valence-electron chi connectivity index (χ3n) is 6.54. The molecule has 0 saturated heterocycles. The van der Waals surface area contributed by atoms with Crippen molar-refractivity contribution in [3.63, 3.8) is 0 Å². The van der Waals surface area contributed by atoms with Crippen molar-refractivity contribution in [1.82, 2.24) is 28.2 Å². The van der Waals surface area contributed by atoms with Crippen molar-refractivity contribution in [3.05, 3.63) is 80.5 Å². The first-order chi connectivity index (χ1) is 16.5. The lowest BCUT2D eigenvalue weighted by molar-refractivity contribution is 0.558. The van der Waals surface area contributed by atoms with Gasteiger partial charge in [0, 0.05) is 32.0 Å². The van der Waals surface area contributed by atoms with Crippen LogP contribution in [0.5, 0.6) is 0 Å². The fourth-order valence-electron chi connectivity index (χ4n) is 4.35. The number of aromatic nitrogens is 5. The second-order valence-corrected chi connectivity index (χ2v) is 11.4. The number of fused-ring (bicyclic) bond motifs is 1. The van der Waals surface area contributed by atoms with E-state index in [1.807, 2.05) is 50.0 Å². The predicted octanol–water partition coefficient (Wildman–Crippen LogP) is 1.47. The molecule has 1 aliphatic carbocycles. The number of sulfonamides is 1. The van der Waals surface area contributed by atoms with Gasteiger partial charge in [-0.15, -0.1) is 0 Å². The van der Waals surface area contributed by atoms with Gasteiger partial charge in [0.15, 0.2) is 0 Å². The van der Waals surface area contributed by atoms with E-state index in [4.69, 9.17) is 0 Å². The van der Waals surface area contributed by atoms with Gasteiger partial charge in [0.2, 0.25) is 10.0 Å². The Balaban J connectivity index is 1.71. The molecule has 3 aromatic heterocycles. The molecule has 35 heavy (non-hydrogen) atoms. The van der Waals surface area contributed by atoms with E-state index in [0.717, 1.165) is 34.4 Å². The lowest BCUT2D eigenvalue weighted by Crippen LogP contribution is -2.41. The van der Waals surface area contributed by atoms with Gasteiger partial charge < -0.3 is 4.57 Å². The maximum absolute atomic E-state index is 13.6. The summed E-state index contributed by atoms with van der Waals surface area (Å²) in [6.07, 6.45) is 5.22. The molecule has 11 heteroatoms. The first kappa shape index (κ1) is 23.3. The quantitative estimate of drug-likeness (QED) is 0.416. The SMILES string of the molecule is Cc1cc(Cn2c(=O)n(Cc3ccn(C)c3)c(=O)c3cc(S(=O)(=O)NC4(C)CC4)ccc32)n(C)n1. The van der Waals surface area contributed by atoms with Crippen LogP contribution >= 0.6 is 0 Å². The van der Waals surface area contributed by atoms with Gasteiger partial charge in [0.05, 0.1) is 40.3 Å². The van der Waals surface area contributed by atoms with E-state index in [9.17, 15) is 18.0 Å². The van der Waals surface area contributed by atoms with Gasteiger partial charge in [0.1, 0.15) is 0 Å². The van der Waals surface area contributed by atoms with E-state index in [0.29, 0.717) is 5.52 Å². The van der Waals surface area contributed by atoms with Crippen LogP contribution in [0.3, 0.4) is 0 Å². The Morgan fingerprint density at radius 2 is 1.80 bits per heavy atom. The number of hydrogen-bond donors (Lipinski definition) is 1. The van der Waals surface area contributed by atoms with Crippen LogP contribution in [0.2, 0.25) is 0 Å². The van der Waals surface area contributed by atoms with Crippen LogP contribution in [0.1, 0.15) is 36.7 Å². The molecule has 1 N–H and O–H groups in total. The van der Waals surface area contributed by atoms with Crippen molar-refractivity contribution in [2.24, 2.45) is 14.1 Å². The zero-order valence-electron chi connectivity index (χ0n) is 20.1. The third-order valence-corrected chi connectivity index (χ3v) is 8.18. The summed E-state index contributed by atoms with van der Waals surface area (Å²) in [5.41, 5.74) is 1.32. The molecule has 0 radical (unpaired) electrons. The van der Waals surface area contributed by atoms with Gasteiger partial charge in [-0.1, -0.05) is 0 Å². The van der Waals surface area contributed by atoms with E-state index in [-0.39, 0.29) is 23.4 Å². The molecule has 0 amide bonds. The summed E-state index contributed by atoms with van der Waals surface area (Å²) in [5, 5.41) is 4.53. The molecule has 5 rings (SSSR count). The lowest BCUT2D eigenvalue weighted by Gasteiger charge is -2.16. The standard InChI is InChI=1S/C24H28N6O4S/c1-16-11-18(28(4)25-16)15-29-21-6-5-19(35(33,34)26-24(2)8-9-24)12-20(21)22(31)30(23(29)32)14-17-7-10-27(3)13-17/h5-7,10-13,26H,8-9,14-15H2,1-4H3. The summed E-state index contributed by atoms with van der Waals surface area (Å²) in [7, 11) is -0.163. The highest BCUT2D eigenvalue weighted by molar-refractivity contribution is 7.89. The monoisotopic (exact) mass is 496 g/mol. The number of rotatable bonds is 7. The highest BCUT2D eigenvalue weighted by Crippen LogP contribution is 2.36. The molecule has 10 nitrogen and oxygen atoms in total. The number of hydrogen-bond acceptors (Lipinski definition) is 5. The minimum absolute atomic E-state index is 0.00284. The average molecular weight is 497 g/mol. The summed E-state index contributed by atoms with van der Waals surface area (Å²) in [6, 6.07) is 8.08. The Morgan fingerprint density at radius 3 is 2.40 bits per heavy atom. The Morgan fingerprint density at radius 1 is 1.06 bits per heavy atom. The first-order valence-electron chi connectivity index (χ1n) is 11.4. The zero-order valence-corrected chi connectivity index (χ0v) is 21.0. The minimum atomic E-state index is -3.82. The molecule has 1 aromatic carbocycles. The summed E-state index contributed by atoms with van der Waals surface area (Å²) >= 11 is 0. The molecular formula is C24H28N6O4S. The smallest absolute Gasteiger partial charge is 0.332 e. The fraction of sp³-hybridized carbons (Fsp3) is 0.375. The molecule has 4 aromatic rings. The maximum Gasteiger partial charge on any atom is 0.332 e. The second-order valence-electron chi connectivity index (χ2n) is 9.69. The van der Waals surface area contributed by atoms with E-state index in [1.165, 1.54) is 22.8 Å². The number of aryl methyl sites for hydroxylation is 3. The number of benzene rings is 1. The highest BCUT2D eigenvalue weighted by atomic mass is 32.2. The topological polar surface area (TPSA) is 113 Å². The molecule has 0 spiro atoms. The van der Waals surface area contributed by atoms with Crippen molar-refractivity contribution in [3.8, 4) is 0 Å². The zero-order chi connectivity index (χ0) is 25.1. The van der Waals surface area contributed by atoms with Crippen LogP contribution in [0.15, 0.2) is 57.2 Å². The Hall–Kier alpha value is -3.44. The van der Waals surface area contributed by atoms with E-state index in [1.54, 1.807) is 11.7 Å². The third kappa shape index (κ3) is 4.37. The van der Waals surface area contributed by atoms with Crippen LogP contribution in [-0.4, -0.2) is 37.4 Å². The average Bonchev–Trinajstić information content (AvgIpc) is 3.20. The molecule has 0 unspecified atom stereocenters. The molecular weight excluding hydrogens is 468 g/mol. The number of nitrogens with one attached hydrogen (secondary N) is 1. The Labute approximate surface area is 202 Å². The van der Waals surface area contributed by atoms with Crippen LogP contribution < -0.4 is 16.0 Å². The van der Waals surface area contributed by atoms with Crippen LogP contribution in [0.4, 0.5) is 0 Å². The molecule has 0 bridgehead atoms. The summed E-state index contributed by atoms with van der Waals surface area (Å²) in [5.74, 6) is 0. The predicted molar refractivity (Wildman–Crippen MR) is 132 cm³/mol. The molecule has 1 aliphatic rings. The Bertz CT molecular complexity index is 1690. The lowest BCUT2D eigenvalue weighted by atomic mass is 10.2. The number of nitrogens with zero attached hydrogens (tertiary/aromatic N) is 5. The summed E-state index contributed by atoms with van der Waals surface area (Å²) in [4.78, 5) is 27.1. The van der Waals surface area contributed by atoms with Crippen LogP contribution in [-0.2, 0) is 37.2 Å². The molecule has 1 saturated carbocycles. The highest BCUT2D eigenvalue weighted by Gasteiger charge is 2.41. The summed E-state index contributed by atoms with van der Waals surface area (Å²) < 4.78 is 34.9. The molecule has 1 fully saturated rings. The van der Waals surface area contributed by atoms with Gasteiger partial charge in [-0.2, -0.15) is 5.10 Å². The van der Waals surface area contributed by atoms with Gasteiger partial charge in [0.25, 0.3) is 5.56 Å². The van der Waals surface area contributed by atoms with E-state index in [2.05, 4.69) is 9.82 Å². The van der Waals surface area contributed by atoms with Crippen LogP contribution in [0, 0.1) is 6.92 Å². The fourth-order valence-corrected chi connectivity index (χ4v) is 5.84. The van der Waals surface area contributed by atoms with E-state index >= 15 is 0 Å². The molecule has 184 valence electrons. The molecule has 0 aliphatic heterocycles. The normalized spacial score (nSPS) is 15.1. The molecule has 0 atom stereocenters. The van der Waals surface area contributed by atoms with Gasteiger partial charge in [-0.3, -0.25) is 18.6 Å². The van der Waals surface area contributed by atoms with E-state index < -0.39 is 26.8 Å². The van der Waals surface area contributed by atoms with Crippen molar-refractivity contribution in [2.75, 3.05) is 0 Å². The van der Waals surface area contributed by atoms with Crippen molar-refractivity contribution < 1.29 is 8.42 Å². The van der Waals surface area contributed by atoms with Crippen molar-refractivity contribution >= 4 is 20.9 Å². The van der Waals surface area contributed by atoms with Crippen LogP contribution in [0.25, 0.3) is 10.9 Å². The summed E-state index contributed by atoms with van der Waals surface area (Å²) in [6.45, 7) is 3.98. The van der Waals surface area contributed by atoms with Gasteiger partial charge in [-0.25, -0.2) is 17.9 Å².